The number of anilines is 1. The van der Waals surface area contributed by atoms with Crippen LogP contribution in [0.3, 0.4) is 0 Å². The lowest BCUT2D eigenvalue weighted by molar-refractivity contribution is 0.1000. The number of rotatable bonds is 4. The molecule has 0 fully saturated rings. The number of carbonyl (C=O) groups excluding carboxylic acids is 2. The van der Waals surface area contributed by atoms with Crippen molar-refractivity contribution in [3.8, 4) is 0 Å². The van der Waals surface area contributed by atoms with E-state index in [1.807, 2.05) is 32.0 Å². The largest absolute Gasteiger partial charge is 0.444 e. The quantitative estimate of drug-likeness (QED) is 0.813. The van der Waals surface area contributed by atoms with E-state index in [9.17, 15) is 19.2 Å². The van der Waals surface area contributed by atoms with E-state index in [0.717, 1.165) is 15.0 Å². The van der Waals surface area contributed by atoms with E-state index in [4.69, 9.17) is 4.74 Å². The van der Waals surface area contributed by atoms with E-state index in [-0.39, 0.29) is 37.0 Å². The zero-order chi connectivity index (χ0) is 19.7. The van der Waals surface area contributed by atoms with Gasteiger partial charge in [-0.3, -0.25) is 23.6 Å². The number of carbonyl (C=O) groups is 2. The zero-order valence-corrected chi connectivity index (χ0v) is 15.5. The summed E-state index contributed by atoms with van der Waals surface area (Å²) in [4.78, 5) is 51.1. The average molecular weight is 371 g/mol. The van der Waals surface area contributed by atoms with Crippen LogP contribution in [0.1, 0.15) is 29.8 Å². The number of Topliss-reactive ketones (excluding diaryl/α,β-unsaturated/α-hetero) is 1. The van der Waals surface area contributed by atoms with Gasteiger partial charge in [-0.15, -0.1) is 0 Å². The molecule has 1 amide bonds. The fourth-order valence-electron chi connectivity index (χ4n) is 3.06. The summed E-state index contributed by atoms with van der Waals surface area (Å²) < 4.78 is 7.50. The Bertz CT molecular complexity index is 1000. The first-order valence-electron chi connectivity index (χ1n) is 8.66. The van der Waals surface area contributed by atoms with Crippen molar-refractivity contribution in [3.63, 3.8) is 0 Å². The number of fused-ring (bicyclic) bond motifs is 1. The van der Waals surface area contributed by atoms with Crippen molar-refractivity contribution >= 4 is 17.7 Å². The van der Waals surface area contributed by atoms with Crippen molar-refractivity contribution in [2.75, 3.05) is 11.4 Å². The van der Waals surface area contributed by atoms with Crippen molar-refractivity contribution in [1.82, 2.24) is 9.13 Å². The first-order valence-corrected chi connectivity index (χ1v) is 8.66. The van der Waals surface area contributed by atoms with Gasteiger partial charge in [0.15, 0.2) is 5.78 Å². The number of ether oxygens (including phenoxy) is 1. The molecule has 0 atom stereocenters. The molecule has 2 aromatic rings. The Morgan fingerprint density at radius 2 is 1.81 bits per heavy atom. The first kappa shape index (κ1) is 18.6. The molecule has 0 unspecified atom stereocenters. The van der Waals surface area contributed by atoms with E-state index in [1.54, 1.807) is 12.1 Å². The Kier molecular flexibility index (Phi) is 4.98. The summed E-state index contributed by atoms with van der Waals surface area (Å²) in [6, 6.07) is 9.10. The maximum atomic E-state index is 12.6. The number of amides is 1. The minimum Gasteiger partial charge on any atom is -0.444 e. The number of benzene rings is 1. The highest BCUT2D eigenvalue weighted by molar-refractivity contribution is 6.13. The highest BCUT2D eigenvalue weighted by Crippen LogP contribution is 2.25. The van der Waals surface area contributed by atoms with E-state index in [0.29, 0.717) is 0 Å². The molecular weight excluding hydrogens is 350 g/mol. The van der Waals surface area contributed by atoms with E-state index in [1.165, 1.54) is 11.6 Å². The summed E-state index contributed by atoms with van der Waals surface area (Å²) in [5.74, 6) is -0.401. The van der Waals surface area contributed by atoms with Gasteiger partial charge >= 0.3 is 11.8 Å². The lowest BCUT2D eigenvalue weighted by Gasteiger charge is -2.21. The Balaban J connectivity index is 2.00. The van der Waals surface area contributed by atoms with E-state index < -0.39 is 23.1 Å². The van der Waals surface area contributed by atoms with Crippen molar-refractivity contribution < 1.29 is 14.3 Å². The van der Waals surface area contributed by atoms with Gasteiger partial charge in [-0.2, -0.15) is 0 Å². The van der Waals surface area contributed by atoms with Crippen LogP contribution in [0.4, 0.5) is 10.6 Å². The highest BCUT2D eigenvalue weighted by Gasteiger charge is 2.38. The SMILES string of the molecule is CC(C)Cn1c2c(c(=O)n(C)c1=O)C(=O)CN2C(=O)OCc1ccccc1. The second kappa shape index (κ2) is 7.22. The predicted octanol–water partition coefficient (Wildman–Crippen LogP) is 1.54. The van der Waals surface area contributed by atoms with E-state index in [2.05, 4.69) is 0 Å². The van der Waals surface area contributed by atoms with Gasteiger partial charge in [-0.1, -0.05) is 44.2 Å². The Hall–Kier alpha value is -3.16. The molecule has 3 rings (SSSR count). The van der Waals surface area contributed by atoms with Gasteiger partial charge in [0, 0.05) is 13.6 Å². The first-order chi connectivity index (χ1) is 12.8. The molecule has 27 heavy (non-hydrogen) atoms. The Morgan fingerprint density at radius 1 is 1.15 bits per heavy atom. The van der Waals surface area contributed by atoms with Crippen molar-refractivity contribution in [3.05, 3.63) is 62.3 Å². The molecule has 1 aliphatic heterocycles. The Morgan fingerprint density at radius 3 is 2.44 bits per heavy atom. The second-order valence-corrected chi connectivity index (χ2v) is 6.90. The van der Waals surface area contributed by atoms with Gasteiger partial charge in [0.2, 0.25) is 0 Å². The molecule has 1 aliphatic rings. The molecule has 1 aromatic carbocycles. The molecule has 8 heteroatoms. The van der Waals surface area contributed by atoms with Gasteiger partial charge in [-0.25, -0.2) is 9.59 Å². The van der Waals surface area contributed by atoms with Crippen molar-refractivity contribution in [1.29, 1.82) is 0 Å². The second-order valence-electron chi connectivity index (χ2n) is 6.90. The minimum absolute atomic E-state index is 0.0267. The molecule has 0 N–H and O–H groups in total. The predicted molar refractivity (Wildman–Crippen MR) is 99.1 cm³/mol. The number of nitrogens with zero attached hydrogens (tertiary/aromatic N) is 3. The fraction of sp³-hybridized carbons (Fsp3) is 0.368. The summed E-state index contributed by atoms with van der Waals surface area (Å²) >= 11 is 0. The van der Waals surface area contributed by atoms with Gasteiger partial charge in [0.05, 0.1) is 6.54 Å². The molecule has 0 saturated carbocycles. The third-order valence-corrected chi connectivity index (χ3v) is 4.33. The molecular formula is C19H21N3O5. The molecule has 0 radical (unpaired) electrons. The molecule has 0 spiro atoms. The minimum atomic E-state index is -0.767. The van der Waals surface area contributed by atoms with Crippen LogP contribution in [-0.4, -0.2) is 27.6 Å². The van der Waals surface area contributed by atoms with Gasteiger partial charge in [0.1, 0.15) is 18.0 Å². The lowest BCUT2D eigenvalue weighted by atomic mass is 10.2. The van der Waals surface area contributed by atoms with Crippen LogP contribution < -0.4 is 16.1 Å². The standard InChI is InChI=1S/C19H21N3O5/c1-12(2)9-21-16-15(17(24)20(3)18(21)25)14(23)10-22(16)19(26)27-11-13-7-5-4-6-8-13/h4-8,12H,9-11H2,1-3H3. The summed E-state index contributed by atoms with van der Waals surface area (Å²) in [7, 11) is 1.32. The monoisotopic (exact) mass is 371 g/mol. The van der Waals surface area contributed by atoms with Crippen LogP contribution in [0.2, 0.25) is 0 Å². The number of ketones is 1. The Labute approximate surface area is 155 Å². The van der Waals surface area contributed by atoms with Gasteiger partial charge in [-0.05, 0) is 11.5 Å². The van der Waals surface area contributed by atoms with Crippen LogP contribution in [0.5, 0.6) is 0 Å². The number of hydrogen-bond donors (Lipinski definition) is 0. The molecule has 0 bridgehead atoms. The van der Waals surface area contributed by atoms with Crippen LogP contribution in [-0.2, 0) is 24.9 Å². The molecule has 8 nitrogen and oxygen atoms in total. The summed E-state index contributed by atoms with van der Waals surface area (Å²) in [5, 5.41) is 0. The molecule has 2 heterocycles. The van der Waals surface area contributed by atoms with Crippen LogP contribution in [0.25, 0.3) is 0 Å². The number of aromatic nitrogens is 2. The average Bonchev–Trinajstić information content (AvgIpc) is 2.99. The van der Waals surface area contributed by atoms with E-state index >= 15 is 0 Å². The summed E-state index contributed by atoms with van der Waals surface area (Å²) in [6.45, 7) is 3.78. The zero-order valence-electron chi connectivity index (χ0n) is 15.5. The van der Waals surface area contributed by atoms with Gasteiger partial charge in [0.25, 0.3) is 5.56 Å². The van der Waals surface area contributed by atoms with Crippen LogP contribution >= 0.6 is 0 Å². The molecule has 142 valence electrons. The third kappa shape index (κ3) is 3.42. The number of hydrogen-bond acceptors (Lipinski definition) is 5. The maximum absolute atomic E-state index is 12.6. The van der Waals surface area contributed by atoms with Gasteiger partial charge < -0.3 is 4.74 Å². The van der Waals surface area contributed by atoms with Crippen LogP contribution in [0.15, 0.2) is 39.9 Å². The third-order valence-electron chi connectivity index (χ3n) is 4.33. The summed E-state index contributed by atoms with van der Waals surface area (Å²) in [6.07, 6.45) is -0.767. The fourth-order valence-corrected chi connectivity index (χ4v) is 3.06. The molecule has 1 aromatic heterocycles. The maximum Gasteiger partial charge on any atom is 0.416 e. The van der Waals surface area contributed by atoms with Crippen molar-refractivity contribution in [2.24, 2.45) is 13.0 Å². The normalized spacial score (nSPS) is 13.2. The molecule has 0 aliphatic carbocycles. The topological polar surface area (TPSA) is 90.6 Å². The lowest BCUT2D eigenvalue weighted by Crippen LogP contribution is -2.43. The van der Waals surface area contributed by atoms with Crippen molar-refractivity contribution in [2.45, 2.75) is 27.0 Å². The highest BCUT2D eigenvalue weighted by atomic mass is 16.6. The summed E-state index contributed by atoms with van der Waals surface area (Å²) in [5.41, 5.74) is -0.615. The molecule has 0 saturated heterocycles. The smallest absolute Gasteiger partial charge is 0.416 e. The van der Waals surface area contributed by atoms with Crippen LogP contribution in [0, 0.1) is 5.92 Å².